The summed E-state index contributed by atoms with van der Waals surface area (Å²) in [6.07, 6.45) is 3.88. The lowest BCUT2D eigenvalue weighted by Gasteiger charge is -2.38. The molecule has 0 saturated heterocycles. The molecule has 3 heterocycles. The van der Waals surface area contributed by atoms with Crippen molar-refractivity contribution < 1.29 is 19.4 Å². The summed E-state index contributed by atoms with van der Waals surface area (Å²) in [7, 11) is 0. The summed E-state index contributed by atoms with van der Waals surface area (Å²) in [6, 6.07) is 13.5. The number of hydrogen-bond donors (Lipinski definition) is 3. The number of fused-ring (bicyclic) bond motifs is 1. The number of amides is 1. The number of rotatable bonds is 3. The van der Waals surface area contributed by atoms with Crippen LogP contribution in [0.5, 0.6) is 5.75 Å². The SMILES string of the molecule is Cc1ccc([C@@]2(NC(=O)c3ccn[nH]3)CCOc3cccnc32)cc1.O=CO. The fraction of sp³-hybridized carbons (Fsp3) is 0.200. The van der Waals surface area contributed by atoms with Crippen LogP contribution in [-0.2, 0) is 10.3 Å². The van der Waals surface area contributed by atoms with Gasteiger partial charge in [-0.15, -0.1) is 0 Å². The van der Waals surface area contributed by atoms with Crippen LogP contribution in [0.15, 0.2) is 54.9 Å². The number of hydrogen-bond acceptors (Lipinski definition) is 5. The predicted octanol–water partition coefficient (Wildman–Crippen LogP) is 2.27. The molecule has 0 fully saturated rings. The van der Waals surface area contributed by atoms with E-state index in [9.17, 15) is 4.79 Å². The molecule has 2 aromatic heterocycles. The van der Waals surface area contributed by atoms with Crippen molar-refractivity contribution in [2.75, 3.05) is 6.61 Å². The standard InChI is InChI=1S/C19H18N4O2.CH2O2/c1-13-4-6-14(7-5-13)19(22-18(24)15-8-11-21-23-15)9-12-25-16-3-2-10-20-17(16)19;2-1-3/h2-8,10-11H,9,12H2,1H3,(H,21,23)(H,22,24);1H,(H,2,3)/t19-;/m0./s1. The molecule has 1 aliphatic heterocycles. The number of carbonyl (C=O) groups excluding carboxylic acids is 1. The largest absolute Gasteiger partial charge is 0.491 e. The van der Waals surface area contributed by atoms with Crippen molar-refractivity contribution in [3.05, 3.63) is 77.4 Å². The van der Waals surface area contributed by atoms with Crippen molar-refractivity contribution in [3.8, 4) is 5.75 Å². The van der Waals surface area contributed by atoms with Gasteiger partial charge in [0.2, 0.25) is 0 Å². The van der Waals surface area contributed by atoms with Gasteiger partial charge in [-0.25, -0.2) is 0 Å². The van der Waals surface area contributed by atoms with Crippen LogP contribution in [0.2, 0.25) is 0 Å². The Labute approximate surface area is 161 Å². The van der Waals surface area contributed by atoms with E-state index in [0.717, 1.165) is 16.8 Å². The first-order chi connectivity index (χ1) is 13.6. The Morgan fingerprint density at radius 1 is 1.25 bits per heavy atom. The summed E-state index contributed by atoms with van der Waals surface area (Å²) in [5, 5.41) is 16.6. The van der Waals surface area contributed by atoms with E-state index in [1.165, 1.54) is 0 Å². The molecule has 4 rings (SSSR count). The molecule has 0 unspecified atom stereocenters. The molecule has 0 saturated carbocycles. The highest BCUT2D eigenvalue weighted by Gasteiger charge is 2.42. The van der Waals surface area contributed by atoms with Crippen LogP contribution in [0.25, 0.3) is 0 Å². The second kappa shape index (κ2) is 8.34. The van der Waals surface area contributed by atoms with Gasteiger partial charge in [-0.2, -0.15) is 5.10 Å². The maximum absolute atomic E-state index is 12.8. The number of aryl methyl sites for hydroxylation is 1. The average Bonchev–Trinajstić information content (AvgIpc) is 3.24. The van der Waals surface area contributed by atoms with Crippen molar-refractivity contribution in [1.29, 1.82) is 0 Å². The van der Waals surface area contributed by atoms with E-state index in [4.69, 9.17) is 14.6 Å². The molecule has 3 N–H and O–H groups in total. The molecular formula is C20H20N4O4. The van der Waals surface area contributed by atoms with Gasteiger partial charge >= 0.3 is 0 Å². The summed E-state index contributed by atoms with van der Waals surface area (Å²) in [5.74, 6) is 0.468. The molecule has 1 aliphatic rings. The molecule has 1 atom stereocenters. The fourth-order valence-electron chi connectivity index (χ4n) is 3.22. The normalized spacial score (nSPS) is 17.3. The third-order valence-electron chi connectivity index (χ3n) is 4.53. The molecule has 28 heavy (non-hydrogen) atoms. The summed E-state index contributed by atoms with van der Waals surface area (Å²) >= 11 is 0. The van der Waals surface area contributed by atoms with Crippen molar-refractivity contribution in [2.45, 2.75) is 18.9 Å². The second-order valence-corrected chi connectivity index (χ2v) is 6.25. The fourth-order valence-corrected chi connectivity index (χ4v) is 3.22. The van der Waals surface area contributed by atoms with E-state index >= 15 is 0 Å². The van der Waals surface area contributed by atoms with E-state index < -0.39 is 5.54 Å². The minimum atomic E-state index is -0.745. The van der Waals surface area contributed by atoms with Crippen LogP contribution in [0.1, 0.15) is 33.7 Å². The lowest BCUT2D eigenvalue weighted by Crippen LogP contribution is -2.50. The first kappa shape index (κ1) is 19.1. The Kier molecular flexibility index (Phi) is 5.69. The van der Waals surface area contributed by atoms with Crippen molar-refractivity contribution in [1.82, 2.24) is 20.5 Å². The number of nitrogens with one attached hydrogen (secondary N) is 2. The van der Waals surface area contributed by atoms with E-state index in [-0.39, 0.29) is 12.4 Å². The zero-order valence-electron chi connectivity index (χ0n) is 15.3. The number of nitrogens with zero attached hydrogens (tertiary/aromatic N) is 2. The molecule has 0 aliphatic carbocycles. The molecule has 8 heteroatoms. The monoisotopic (exact) mass is 380 g/mol. The van der Waals surface area contributed by atoms with Crippen molar-refractivity contribution in [2.24, 2.45) is 0 Å². The van der Waals surface area contributed by atoms with Crippen LogP contribution >= 0.6 is 0 Å². The highest BCUT2D eigenvalue weighted by atomic mass is 16.5. The third kappa shape index (κ3) is 3.71. The third-order valence-corrected chi connectivity index (χ3v) is 4.53. The highest BCUT2D eigenvalue weighted by molar-refractivity contribution is 5.93. The smallest absolute Gasteiger partial charge is 0.290 e. The van der Waals surface area contributed by atoms with E-state index in [2.05, 4.69) is 20.5 Å². The number of aromatic amines is 1. The average molecular weight is 380 g/mol. The van der Waals surface area contributed by atoms with Crippen LogP contribution in [0.3, 0.4) is 0 Å². The lowest BCUT2D eigenvalue weighted by molar-refractivity contribution is -0.122. The Morgan fingerprint density at radius 3 is 2.68 bits per heavy atom. The molecule has 3 aromatic rings. The quantitative estimate of drug-likeness (QED) is 0.600. The number of carboxylic acid groups (broad SMARTS) is 1. The molecule has 0 spiro atoms. The summed E-state index contributed by atoms with van der Waals surface area (Å²) in [5.41, 5.74) is 2.53. The number of pyridine rings is 1. The van der Waals surface area contributed by atoms with Gasteiger partial charge in [0.05, 0.1) is 6.61 Å². The van der Waals surface area contributed by atoms with Crippen molar-refractivity contribution >= 4 is 12.4 Å². The van der Waals surface area contributed by atoms with Crippen LogP contribution in [0.4, 0.5) is 0 Å². The summed E-state index contributed by atoms with van der Waals surface area (Å²) in [4.78, 5) is 25.7. The van der Waals surface area contributed by atoms with Gasteiger partial charge in [-0.05, 0) is 30.7 Å². The molecule has 144 valence electrons. The van der Waals surface area contributed by atoms with Gasteiger partial charge in [-0.3, -0.25) is 19.7 Å². The zero-order chi connectivity index (χ0) is 20.0. The van der Waals surface area contributed by atoms with Gasteiger partial charge in [0.25, 0.3) is 12.4 Å². The van der Waals surface area contributed by atoms with Crippen LogP contribution in [0, 0.1) is 6.92 Å². The first-order valence-corrected chi connectivity index (χ1v) is 8.66. The lowest BCUT2D eigenvalue weighted by atomic mass is 9.81. The maximum Gasteiger partial charge on any atom is 0.290 e. The Bertz CT molecular complexity index is 941. The number of ether oxygens (including phenoxy) is 1. The van der Waals surface area contributed by atoms with Gasteiger partial charge in [0, 0.05) is 18.8 Å². The molecule has 1 aromatic carbocycles. The highest BCUT2D eigenvalue weighted by Crippen LogP contribution is 2.40. The molecule has 0 bridgehead atoms. The van der Waals surface area contributed by atoms with Gasteiger partial charge in [-0.1, -0.05) is 29.8 Å². The van der Waals surface area contributed by atoms with Crippen LogP contribution < -0.4 is 10.1 Å². The molecule has 0 radical (unpaired) electrons. The number of benzene rings is 1. The number of H-pyrrole nitrogens is 1. The predicted molar refractivity (Wildman–Crippen MR) is 101 cm³/mol. The Balaban J connectivity index is 0.000000706. The molecular weight excluding hydrogens is 360 g/mol. The van der Waals surface area contributed by atoms with Gasteiger partial charge in [0.1, 0.15) is 22.7 Å². The van der Waals surface area contributed by atoms with Crippen LogP contribution in [-0.4, -0.2) is 39.3 Å². The van der Waals surface area contributed by atoms with E-state index in [1.807, 2.05) is 43.3 Å². The number of carbonyl (C=O) groups is 2. The minimum Gasteiger partial charge on any atom is -0.491 e. The van der Waals surface area contributed by atoms with Gasteiger partial charge < -0.3 is 15.2 Å². The number of aromatic nitrogens is 3. The maximum atomic E-state index is 12.8. The second-order valence-electron chi connectivity index (χ2n) is 6.25. The van der Waals surface area contributed by atoms with Gasteiger partial charge in [0.15, 0.2) is 0 Å². The van der Waals surface area contributed by atoms with E-state index in [1.54, 1.807) is 18.5 Å². The Morgan fingerprint density at radius 2 is 2.00 bits per heavy atom. The Hall–Kier alpha value is -3.68. The first-order valence-electron chi connectivity index (χ1n) is 8.66. The minimum absolute atomic E-state index is 0.225. The summed E-state index contributed by atoms with van der Waals surface area (Å²) in [6.45, 7) is 2.28. The molecule has 8 nitrogen and oxygen atoms in total. The van der Waals surface area contributed by atoms with Crippen molar-refractivity contribution in [3.63, 3.8) is 0 Å². The molecule has 1 amide bonds. The van der Waals surface area contributed by atoms with E-state index in [0.29, 0.717) is 24.5 Å². The summed E-state index contributed by atoms with van der Waals surface area (Å²) < 4.78 is 5.76. The topological polar surface area (TPSA) is 117 Å². The zero-order valence-corrected chi connectivity index (χ0v) is 15.3.